The average Bonchev–Trinajstić information content (AvgIpc) is 3.08. The van der Waals surface area contributed by atoms with Crippen LogP contribution in [-0.4, -0.2) is 45.8 Å². The van der Waals surface area contributed by atoms with E-state index in [1.54, 1.807) is 7.11 Å². The van der Waals surface area contributed by atoms with Gasteiger partial charge >= 0.3 is 0 Å². The summed E-state index contributed by atoms with van der Waals surface area (Å²) in [5, 5.41) is 8.44. The highest BCUT2D eigenvalue weighted by molar-refractivity contribution is 5.80. The summed E-state index contributed by atoms with van der Waals surface area (Å²) in [7, 11) is 1.63. The maximum Gasteiger partial charge on any atom is 0.229 e. The minimum absolute atomic E-state index is 0.126. The summed E-state index contributed by atoms with van der Waals surface area (Å²) in [5.74, 6) is 3.31. The molecule has 2 aromatic rings. The summed E-state index contributed by atoms with van der Waals surface area (Å²) < 4.78 is 13.3. The lowest BCUT2D eigenvalue weighted by molar-refractivity contribution is -0.138. The fourth-order valence-corrected chi connectivity index (χ4v) is 3.64. The van der Waals surface area contributed by atoms with Crippen molar-refractivity contribution in [1.82, 2.24) is 19.7 Å². The Morgan fingerprint density at radius 2 is 2.24 bits per heavy atom. The van der Waals surface area contributed by atoms with E-state index in [1.807, 2.05) is 23.1 Å². The molecule has 0 aliphatic carbocycles. The van der Waals surface area contributed by atoms with Gasteiger partial charge in [-0.15, -0.1) is 10.2 Å². The van der Waals surface area contributed by atoms with Gasteiger partial charge < -0.3 is 18.9 Å². The second kappa shape index (κ2) is 6.38. The molecule has 2 aliphatic rings. The van der Waals surface area contributed by atoms with E-state index in [0.29, 0.717) is 26.1 Å². The lowest BCUT2D eigenvalue weighted by atomic mass is 9.95. The number of amides is 1. The molecule has 7 heteroatoms. The first kappa shape index (κ1) is 15.9. The Morgan fingerprint density at radius 3 is 3.04 bits per heavy atom. The Hall–Kier alpha value is -2.57. The second-order valence-electron chi connectivity index (χ2n) is 6.46. The molecule has 132 valence electrons. The van der Waals surface area contributed by atoms with Crippen LogP contribution >= 0.6 is 0 Å². The number of aromatic nitrogens is 3. The van der Waals surface area contributed by atoms with Crippen LogP contribution in [0.4, 0.5) is 0 Å². The van der Waals surface area contributed by atoms with E-state index in [1.165, 1.54) is 0 Å². The summed E-state index contributed by atoms with van der Waals surface area (Å²) in [6.07, 6.45) is 1.53. The maximum absolute atomic E-state index is 13.0. The van der Waals surface area contributed by atoms with E-state index in [0.717, 1.165) is 41.7 Å². The highest BCUT2D eigenvalue weighted by atomic mass is 16.5. The van der Waals surface area contributed by atoms with Gasteiger partial charge in [0.05, 0.1) is 19.6 Å². The van der Waals surface area contributed by atoms with Gasteiger partial charge in [-0.05, 0) is 18.1 Å². The molecule has 1 aromatic carbocycles. The summed E-state index contributed by atoms with van der Waals surface area (Å²) in [5.41, 5.74) is 1.03. The largest absolute Gasteiger partial charge is 0.493 e. The standard InChI is InChI=1S/C18H22N4O3/c1-3-15-19-20-16-10-21(7-8-22(15)16)18(23)13-9-12-5-4-6-14(24-2)17(12)25-11-13/h4-6,13H,3,7-11H2,1-2H3/t13-/m0/s1. The van der Waals surface area contributed by atoms with E-state index < -0.39 is 0 Å². The van der Waals surface area contributed by atoms with E-state index in [2.05, 4.69) is 21.7 Å². The van der Waals surface area contributed by atoms with Gasteiger partial charge in [0, 0.05) is 19.5 Å². The average molecular weight is 342 g/mol. The first-order chi connectivity index (χ1) is 12.2. The van der Waals surface area contributed by atoms with E-state index in [-0.39, 0.29) is 11.8 Å². The van der Waals surface area contributed by atoms with Crippen molar-refractivity contribution in [3.63, 3.8) is 0 Å². The molecule has 1 aromatic heterocycles. The first-order valence-corrected chi connectivity index (χ1v) is 8.69. The van der Waals surface area contributed by atoms with Crippen LogP contribution in [0.1, 0.15) is 24.1 Å². The molecule has 0 bridgehead atoms. The van der Waals surface area contributed by atoms with Gasteiger partial charge in [-0.25, -0.2) is 0 Å². The van der Waals surface area contributed by atoms with Gasteiger partial charge in [0.1, 0.15) is 12.4 Å². The van der Waals surface area contributed by atoms with Crippen molar-refractivity contribution in [3.8, 4) is 11.5 Å². The van der Waals surface area contributed by atoms with Crippen molar-refractivity contribution in [1.29, 1.82) is 0 Å². The molecule has 0 fully saturated rings. The number of rotatable bonds is 3. The lowest BCUT2D eigenvalue weighted by Gasteiger charge is -2.33. The lowest BCUT2D eigenvalue weighted by Crippen LogP contribution is -2.44. The molecule has 1 amide bonds. The number of nitrogens with zero attached hydrogens (tertiary/aromatic N) is 4. The Balaban J connectivity index is 1.49. The van der Waals surface area contributed by atoms with Crippen LogP contribution in [0, 0.1) is 5.92 Å². The fraction of sp³-hybridized carbons (Fsp3) is 0.500. The van der Waals surface area contributed by atoms with Crippen molar-refractivity contribution >= 4 is 5.91 Å². The van der Waals surface area contributed by atoms with Crippen LogP contribution in [0.5, 0.6) is 11.5 Å². The third-order valence-electron chi connectivity index (χ3n) is 4.98. The smallest absolute Gasteiger partial charge is 0.229 e. The molecule has 3 heterocycles. The van der Waals surface area contributed by atoms with Gasteiger partial charge in [0.25, 0.3) is 0 Å². The van der Waals surface area contributed by atoms with Gasteiger partial charge in [0.15, 0.2) is 17.3 Å². The second-order valence-corrected chi connectivity index (χ2v) is 6.46. The molecule has 4 rings (SSSR count). The predicted octanol–water partition coefficient (Wildman–Crippen LogP) is 1.44. The third-order valence-corrected chi connectivity index (χ3v) is 4.98. The Bertz CT molecular complexity index is 802. The summed E-state index contributed by atoms with van der Waals surface area (Å²) in [4.78, 5) is 14.8. The molecular formula is C18H22N4O3. The van der Waals surface area contributed by atoms with Crippen LogP contribution < -0.4 is 9.47 Å². The van der Waals surface area contributed by atoms with Gasteiger partial charge in [-0.3, -0.25) is 4.79 Å². The Kier molecular flexibility index (Phi) is 4.07. The van der Waals surface area contributed by atoms with Crippen molar-refractivity contribution in [2.24, 2.45) is 5.92 Å². The maximum atomic E-state index is 13.0. The summed E-state index contributed by atoms with van der Waals surface area (Å²) >= 11 is 0. The predicted molar refractivity (Wildman–Crippen MR) is 90.5 cm³/mol. The number of hydrogen-bond donors (Lipinski definition) is 0. The normalized spacial score (nSPS) is 19.0. The van der Waals surface area contributed by atoms with Crippen molar-refractivity contribution < 1.29 is 14.3 Å². The number of carbonyl (C=O) groups excluding carboxylic acids is 1. The van der Waals surface area contributed by atoms with E-state index >= 15 is 0 Å². The highest BCUT2D eigenvalue weighted by Crippen LogP contribution is 2.36. The third kappa shape index (κ3) is 2.73. The fourth-order valence-electron chi connectivity index (χ4n) is 3.64. The molecule has 0 unspecified atom stereocenters. The van der Waals surface area contributed by atoms with Crippen LogP contribution in [0.15, 0.2) is 18.2 Å². The zero-order chi connectivity index (χ0) is 17.4. The van der Waals surface area contributed by atoms with Gasteiger partial charge in [0.2, 0.25) is 5.91 Å². The quantitative estimate of drug-likeness (QED) is 0.844. The van der Waals surface area contributed by atoms with Gasteiger partial charge in [-0.2, -0.15) is 0 Å². The molecule has 0 saturated heterocycles. The topological polar surface area (TPSA) is 69.5 Å². The van der Waals surface area contributed by atoms with E-state index in [9.17, 15) is 4.79 Å². The number of ether oxygens (including phenoxy) is 2. The minimum atomic E-state index is -0.167. The molecule has 1 atom stereocenters. The number of methoxy groups -OCH3 is 1. The zero-order valence-corrected chi connectivity index (χ0v) is 14.6. The molecule has 0 N–H and O–H groups in total. The molecule has 0 spiro atoms. The summed E-state index contributed by atoms with van der Waals surface area (Å²) in [6.45, 7) is 4.43. The number of benzene rings is 1. The van der Waals surface area contributed by atoms with Crippen molar-refractivity contribution in [3.05, 3.63) is 35.4 Å². The molecule has 7 nitrogen and oxygen atoms in total. The van der Waals surface area contributed by atoms with Crippen molar-refractivity contribution in [2.45, 2.75) is 32.9 Å². The van der Waals surface area contributed by atoms with Crippen molar-refractivity contribution in [2.75, 3.05) is 20.3 Å². The first-order valence-electron chi connectivity index (χ1n) is 8.69. The molecular weight excluding hydrogens is 320 g/mol. The summed E-state index contributed by atoms with van der Waals surface area (Å²) in [6, 6.07) is 5.81. The van der Waals surface area contributed by atoms with E-state index in [4.69, 9.17) is 9.47 Å². The van der Waals surface area contributed by atoms with Gasteiger partial charge in [-0.1, -0.05) is 19.1 Å². The number of carbonyl (C=O) groups is 1. The van der Waals surface area contributed by atoms with Crippen LogP contribution in [0.2, 0.25) is 0 Å². The molecule has 0 radical (unpaired) electrons. The SMILES string of the molecule is CCc1nnc2n1CCN(C(=O)[C@@H]1COc3c(cccc3OC)C1)C2. The highest BCUT2D eigenvalue weighted by Gasteiger charge is 2.33. The Labute approximate surface area is 146 Å². The number of para-hydroxylation sites is 1. The molecule has 25 heavy (non-hydrogen) atoms. The number of fused-ring (bicyclic) bond motifs is 2. The number of hydrogen-bond acceptors (Lipinski definition) is 5. The molecule has 0 saturated carbocycles. The van der Waals surface area contributed by atoms with Crippen LogP contribution in [-0.2, 0) is 30.7 Å². The molecule has 2 aliphatic heterocycles. The zero-order valence-electron chi connectivity index (χ0n) is 14.6. The van der Waals surface area contributed by atoms with Crippen LogP contribution in [0.3, 0.4) is 0 Å². The van der Waals surface area contributed by atoms with Crippen LogP contribution in [0.25, 0.3) is 0 Å². The number of aryl methyl sites for hydroxylation is 1. The monoisotopic (exact) mass is 342 g/mol. The Morgan fingerprint density at radius 1 is 1.36 bits per heavy atom. The minimum Gasteiger partial charge on any atom is -0.493 e.